The molecule has 0 aromatic carbocycles. The summed E-state index contributed by atoms with van der Waals surface area (Å²) in [5, 5.41) is 6.54. The Kier molecular flexibility index (Phi) is 4.40. The molecule has 1 aromatic rings. The largest absolute Gasteiger partial charge is 0.368 e. The molecule has 3 heteroatoms. The van der Waals surface area contributed by atoms with Crippen molar-refractivity contribution < 1.29 is 0 Å². The number of nitrogens with one attached hydrogen (secondary N) is 2. The van der Waals surface area contributed by atoms with Crippen molar-refractivity contribution in [1.29, 1.82) is 0 Å². The first kappa shape index (κ1) is 11.0. The lowest BCUT2D eigenvalue weighted by atomic mass is 10.3. The molecule has 0 bridgehead atoms. The number of aromatic nitrogens is 1. The second kappa shape index (κ2) is 5.60. The number of rotatable bonds is 5. The zero-order chi connectivity index (χ0) is 10.4. The normalized spacial score (nSPS) is 10.6. The van der Waals surface area contributed by atoms with Crippen molar-refractivity contribution in [3.8, 4) is 0 Å². The van der Waals surface area contributed by atoms with E-state index < -0.39 is 0 Å². The fraction of sp³-hybridized carbons (Fsp3) is 0.545. The van der Waals surface area contributed by atoms with E-state index in [1.54, 1.807) is 0 Å². The van der Waals surface area contributed by atoms with Gasteiger partial charge in [-0.05, 0) is 32.5 Å². The van der Waals surface area contributed by atoms with Crippen LogP contribution in [0.15, 0.2) is 18.2 Å². The third-order valence-electron chi connectivity index (χ3n) is 1.80. The van der Waals surface area contributed by atoms with E-state index in [-0.39, 0.29) is 0 Å². The average molecular weight is 193 g/mol. The molecule has 1 heterocycles. The van der Waals surface area contributed by atoms with Crippen molar-refractivity contribution in [2.24, 2.45) is 0 Å². The molecule has 0 aliphatic heterocycles. The first-order chi connectivity index (χ1) is 6.72. The van der Waals surface area contributed by atoms with Gasteiger partial charge in [0.2, 0.25) is 0 Å². The van der Waals surface area contributed by atoms with Gasteiger partial charge in [-0.15, -0.1) is 0 Å². The van der Waals surface area contributed by atoms with Gasteiger partial charge in [-0.2, -0.15) is 0 Å². The second-order valence-corrected chi connectivity index (χ2v) is 3.59. The molecule has 2 N–H and O–H groups in total. The first-order valence-electron chi connectivity index (χ1n) is 5.15. The molecule has 0 radical (unpaired) electrons. The molecule has 3 nitrogen and oxygen atoms in total. The molecule has 0 saturated heterocycles. The molecule has 0 aliphatic carbocycles. The molecule has 0 amide bonds. The SMILES string of the molecule is CCNCc1cccc(NC(C)C)n1. The van der Waals surface area contributed by atoms with Crippen molar-refractivity contribution in [2.75, 3.05) is 11.9 Å². The van der Waals surface area contributed by atoms with E-state index in [0.717, 1.165) is 24.6 Å². The lowest BCUT2D eigenvalue weighted by molar-refractivity contribution is 0.710. The van der Waals surface area contributed by atoms with Gasteiger partial charge in [0.1, 0.15) is 5.82 Å². The summed E-state index contributed by atoms with van der Waals surface area (Å²) in [6.45, 7) is 8.13. The molecule has 0 spiro atoms. The average Bonchev–Trinajstić information content (AvgIpc) is 2.14. The Morgan fingerprint density at radius 3 is 2.79 bits per heavy atom. The lowest BCUT2D eigenvalue weighted by Crippen LogP contribution is -2.15. The van der Waals surface area contributed by atoms with Crippen LogP contribution in [0.3, 0.4) is 0 Å². The number of hydrogen-bond donors (Lipinski definition) is 2. The van der Waals surface area contributed by atoms with E-state index in [1.807, 2.05) is 18.2 Å². The highest BCUT2D eigenvalue weighted by molar-refractivity contribution is 5.35. The van der Waals surface area contributed by atoms with Gasteiger partial charge in [0.05, 0.1) is 5.69 Å². The molecule has 78 valence electrons. The zero-order valence-corrected chi connectivity index (χ0v) is 9.17. The van der Waals surface area contributed by atoms with E-state index in [4.69, 9.17) is 0 Å². The van der Waals surface area contributed by atoms with Gasteiger partial charge in [-0.1, -0.05) is 13.0 Å². The van der Waals surface area contributed by atoms with Crippen LogP contribution >= 0.6 is 0 Å². The van der Waals surface area contributed by atoms with Crippen molar-refractivity contribution in [3.63, 3.8) is 0 Å². The Morgan fingerprint density at radius 1 is 1.36 bits per heavy atom. The summed E-state index contributed by atoms with van der Waals surface area (Å²) in [7, 11) is 0. The van der Waals surface area contributed by atoms with Gasteiger partial charge in [-0.25, -0.2) is 4.98 Å². The molecular formula is C11H19N3. The van der Waals surface area contributed by atoms with Crippen LogP contribution < -0.4 is 10.6 Å². The summed E-state index contributed by atoms with van der Waals surface area (Å²) < 4.78 is 0. The van der Waals surface area contributed by atoms with Crippen LogP contribution in [-0.4, -0.2) is 17.6 Å². The van der Waals surface area contributed by atoms with Crippen LogP contribution in [-0.2, 0) is 6.54 Å². The van der Waals surface area contributed by atoms with Crippen molar-refractivity contribution in [2.45, 2.75) is 33.4 Å². The number of pyridine rings is 1. The maximum Gasteiger partial charge on any atom is 0.126 e. The van der Waals surface area contributed by atoms with E-state index in [0.29, 0.717) is 6.04 Å². The Balaban J connectivity index is 2.59. The highest BCUT2D eigenvalue weighted by Gasteiger charge is 1.98. The minimum absolute atomic E-state index is 0.428. The third-order valence-corrected chi connectivity index (χ3v) is 1.80. The number of hydrogen-bond acceptors (Lipinski definition) is 3. The van der Waals surface area contributed by atoms with E-state index in [1.165, 1.54) is 0 Å². The van der Waals surface area contributed by atoms with E-state index in [2.05, 4.69) is 36.4 Å². The quantitative estimate of drug-likeness (QED) is 0.751. The molecular weight excluding hydrogens is 174 g/mol. The Morgan fingerprint density at radius 2 is 2.14 bits per heavy atom. The summed E-state index contributed by atoms with van der Waals surface area (Å²) >= 11 is 0. The topological polar surface area (TPSA) is 37.0 Å². The summed E-state index contributed by atoms with van der Waals surface area (Å²) in [6, 6.07) is 6.49. The third kappa shape index (κ3) is 3.75. The summed E-state index contributed by atoms with van der Waals surface area (Å²) in [4.78, 5) is 4.48. The Labute approximate surface area is 85.9 Å². The minimum Gasteiger partial charge on any atom is -0.368 e. The molecule has 0 saturated carbocycles. The molecule has 1 aromatic heterocycles. The number of nitrogens with zero attached hydrogens (tertiary/aromatic N) is 1. The fourth-order valence-electron chi connectivity index (χ4n) is 1.21. The molecule has 1 rings (SSSR count). The van der Waals surface area contributed by atoms with Crippen LogP contribution in [0.4, 0.5) is 5.82 Å². The van der Waals surface area contributed by atoms with Gasteiger partial charge in [-0.3, -0.25) is 0 Å². The van der Waals surface area contributed by atoms with Crippen LogP contribution in [0.25, 0.3) is 0 Å². The first-order valence-corrected chi connectivity index (χ1v) is 5.15. The Bertz CT molecular complexity index is 271. The highest BCUT2D eigenvalue weighted by Crippen LogP contribution is 2.05. The summed E-state index contributed by atoms with van der Waals surface area (Å²) in [5.41, 5.74) is 1.08. The summed E-state index contributed by atoms with van der Waals surface area (Å²) in [5.74, 6) is 0.954. The van der Waals surface area contributed by atoms with E-state index in [9.17, 15) is 0 Å². The van der Waals surface area contributed by atoms with Gasteiger partial charge < -0.3 is 10.6 Å². The zero-order valence-electron chi connectivity index (χ0n) is 9.17. The van der Waals surface area contributed by atoms with Crippen molar-refractivity contribution in [3.05, 3.63) is 23.9 Å². The number of anilines is 1. The maximum absolute atomic E-state index is 4.48. The van der Waals surface area contributed by atoms with Crippen molar-refractivity contribution >= 4 is 5.82 Å². The summed E-state index contributed by atoms with van der Waals surface area (Å²) in [6.07, 6.45) is 0. The van der Waals surface area contributed by atoms with Crippen LogP contribution in [0.1, 0.15) is 26.5 Å². The lowest BCUT2D eigenvalue weighted by Gasteiger charge is -2.10. The van der Waals surface area contributed by atoms with E-state index >= 15 is 0 Å². The van der Waals surface area contributed by atoms with Crippen LogP contribution in [0.5, 0.6) is 0 Å². The smallest absolute Gasteiger partial charge is 0.126 e. The maximum atomic E-state index is 4.48. The second-order valence-electron chi connectivity index (χ2n) is 3.59. The van der Waals surface area contributed by atoms with Gasteiger partial charge in [0.25, 0.3) is 0 Å². The predicted molar refractivity (Wildman–Crippen MR) is 60.4 cm³/mol. The highest BCUT2D eigenvalue weighted by atomic mass is 15.0. The molecule has 14 heavy (non-hydrogen) atoms. The molecule has 0 aliphatic rings. The minimum atomic E-state index is 0.428. The molecule has 0 fully saturated rings. The van der Waals surface area contributed by atoms with Gasteiger partial charge in [0.15, 0.2) is 0 Å². The Hall–Kier alpha value is -1.09. The molecule has 0 atom stereocenters. The molecule has 0 unspecified atom stereocenters. The predicted octanol–water partition coefficient (Wildman–Crippen LogP) is 2.01. The monoisotopic (exact) mass is 193 g/mol. The van der Waals surface area contributed by atoms with Gasteiger partial charge >= 0.3 is 0 Å². The van der Waals surface area contributed by atoms with Gasteiger partial charge in [0, 0.05) is 12.6 Å². The van der Waals surface area contributed by atoms with Crippen molar-refractivity contribution in [1.82, 2.24) is 10.3 Å². The fourth-order valence-corrected chi connectivity index (χ4v) is 1.21. The van der Waals surface area contributed by atoms with Crippen LogP contribution in [0, 0.1) is 0 Å². The standard InChI is InChI=1S/C11H19N3/c1-4-12-8-10-6-5-7-11(14-10)13-9(2)3/h5-7,9,12H,4,8H2,1-3H3,(H,13,14). The van der Waals surface area contributed by atoms with Crippen LogP contribution in [0.2, 0.25) is 0 Å².